The third-order valence-electron chi connectivity index (χ3n) is 3.55. The van der Waals surface area contributed by atoms with Crippen LogP contribution >= 0.6 is 0 Å². The molecule has 1 aromatic rings. The number of carboxylic acids is 1. The molecule has 2 atom stereocenters. The first-order chi connectivity index (χ1) is 8.58. The van der Waals surface area contributed by atoms with Crippen LogP contribution in [0.5, 0.6) is 5.75 Å². The summed E-state index contributed by atoms with van der Waals surface area (Å²) in [6, 6.07) is 4.69. The molecule has 4 nitrogen and oxygen atoms in total. The molecule has 2 rings (SSSR count). The molecule has 2 unspecified atom stereocenters. The lowest BCUT2D eigenvalue weighted by atomic mass is 9.88. The van der Waals surface area contributed by atoms with Gasteiger partial charge in [-0.3, -0.25) is 0 Å². The number of rotatable bonds is 3. The van der Waals surface area contributed by atoms with Crippen molar-refractivity contribution in [1.29, 1.82) is 0 Å². The van der Waals surface area contributed by atoms with Crippen LogP contribution in [0.1, 0.15) is 43.0 Å². The first-order valence-corrected chi connectivity index (χ1v) is 6.37. The number of carboxylic acid groups (broad SMARTS) is 1. The van der Waals surface area contributed by atoms with Crippen LogP contribution in [-0.4, -0.2) is 17.2 Å². The average molecular weight is 249 g/mol. The molecular formula is C14H19NO3. The molecule has 1 fully saturated rings. The lowest BCUT2D eigenvalue weighted by molar-refractivity contribution is 0.0673. The summed E-state index contributed by atoms with van der Waals surface area (Å²) < 4.78 is 5.88. The Bertz CT molecular complexity index is 445. The smallest absolute Gasteiger partial charge is 0.339 e. The summed E-state index contributed by atoms with van der Waals surface area (Å²) in [4.78, 5) is 11.1. The molecular weight excluding hydrogens is 230 g/mol. The Labute approximate surface area is 107 Å². The molecule has 0 aromatic heterocycles. The molecule has 0 saturated heterocycles. The number of benzene rings is 1. The van der Waals surface area contributed by atoms with E-state index in [-0.39, 0.29) is 11.7 Å². The highest BCUT2D eigenvalue weighted by atomic mass is 16.5. The Morgan fingerprint density at radius 3 is 2.78 bits per heavy atom. The molecule has 1 aromatic carbocycles. The van der Waals surface area contributed by atoms with Gasteiger partial charge < -0.3 is 15.6 Å². The van der Waals surface area contributed by atoms with Crippen molar-refractivity contribution in [3.63, 3.8) is 0 Å². The summed E-state index contributed by atoms with van der Waals surface area (Å²) in [6.45, 7) is 2.15. The molecule has 4 heteroatoms. The minimum atomic E-state index is -0.978. The Morgan fingerprint density at radius 1 is 1.39 bits per heavy atom. The van der Waals surface area contributed by atoms with Crippen molar-refractivity contribution < 1.29 is 14.6 Å². The van der Waals surface area contributed by atoms with E-state index < -0.39 is 5.97 Å². The van der Waals surface area contributed by atoms with E-state index in [2.05, 4.69) is 6.92 Å². The summed E-state index contributed by atoms with van der Waals surface area (Å²) >= 11 is 0. The van der Waals surface area contributed by atoms with Crippen LogP contribution in [0.25, 0.3) is 0 Å². The largest absolute Gasteiger partial charge is 0.489 e. The van der Waals surface area contributed by atoms with Crippen LogP contribution in [0.4, 0.5) is 5.69 Å². The van der Waals surface area contributed by atoms with Crippen LogP contribution in [0.3, 0.4) is 0 Å². The zero-order chi connectivity index (χ0) is 13.1. The maximum Gasteiger partial charge on any atom is 0.339 e. The van der Waals surface area contributed by atoms with E-state index in [1.165, 1.54) is 12.5 Å². The van der Waals surface area contributed by atoms with Gasteiger partial charge in [0.15, 0.2) is 0 Å². The highest BCUT2D eigenvalue weighted by molar-refractivity contribution is 5.91. The molecule has 0 aliphatic heterocycles. The van der Waals surface area contributed by atoms with E-state index >= 15 is 0 Å². The van der Waals surface area contributed by atoms with E-state index in [9.17, 15) is 4.79 Å². The predicted octanol–water partition coefficient (Wildman–Crippen LogP) is 2.92. The standard InChI is InChI=1S/C14H19NO3/c1-9-4-2-3-5-12(9)18-13-8-10(15)6-7-11(13)14(16)17/h6-9,12H,2-5,15H2,1H3,(H,16,17). The van der Waals surface area contributed by atoms with Gasteiger partial charge in [0.25, 0.3) is 0 Å². The fourth-order valence-electron chi connectivity index (χ4n) is 2.43. The number of nitrogen functional groups attached to an aromatic ring is 1. The summed E-state index contributed by atoms with van der Waals surface area (Å²) in [6.07, 6.45) is 4.58. The number of carbonyl (C=O) groups is 1. The van der Waals surface area contributed by atoms with Crippen molar-refractivity contribution in [2.75, 3.05) is 5.73 Å². The van der Waals surface area contributed by atoms with E-state index in [1.807, 2.05) is 0 Å². The van der Waals surface area contributed by atoms with E-state index in [1.54, 1.807) is 12.1 Å². The molecule has 0 radical (unpaired) electrons. The quantitative estimate of drug-likeness (QED) is 0.808. The Morgan fingerprint density at radius 2 is 2.11 bits per heavy atom. The molecule has 1 aliphatic carbocycles. The third kappa shape index (κ3) is 2.75. The van der Waals surface area contributed by atoms with Gasteiger partial charge >= 0.3 is 5.97 Å². The number of hydrogen-bond donors (Lipinski definition) is 2. The van der Waals surface area contributed by atoms with Crippen molar-refractivity contribution in [3.05, 3.63) is 23.8 Å². The van der Waals surface area contributed by atoms with Crippen molar-refractivity contribution in [2.45, 2.75) is 38.7 Å². The molecule has 0 heterocycles. The summed E-state index contributed by atoms with van der Waals surface area (Å²) in [5.41, 5.74) is 6.40. The Hall–Kier alpha value is -1.71. The van der Waals surface area contributed by atoms with E-state index in [4.69, 9.17) is 15.6 Å². The summed E-state index contributed by atoms with van der Waals surface area (Å²) in [7, 11) is 0. The van der Waals surface area contributed by atoms with Gasteiger partial charge in [-0.25, -0.2) is 4.79 Å². The molecule has 0 spiro atoms. The molecule has 98 valence electrons. The lowest BCUT2D eigenvalue weighted by Crippen LogP contribution is -2.28. The highest BCUT2D eigenvalue weighted by Gasteiger charge is 2.24. The maximum atomic E-state index is 11.1. The lowest BCUT2D eigenvalue weighted by Gasteiger charge is -2.29. The Balaban J connectivity index is 2.21. The third-order valence-corrected chi connectivity index (χ3v) is 3.55. The van der Waals surface area contributed by atoms with Gasteiger partial charge in [-0.1, -0.05) is 13.3 Å². The zero-order valence-electron chi connectivity index (χ0n) is 10.6. The maximum absolute atomic E-state index is 11.1. The van der Waals surface area contributed by atoms with E-state index in [0.29, 0.717) is 17.4 Å². The van der Waals surface area contributed by atoms with Gasteiger partial charge in [0, 0.05) is 11.8 Å². The molecule has 1 saturated carbocycles. The van der Waals surface area contributed by atoms with Crippen LogP contribution < -0.4 is 10.5 Å². The van der Waals surface area contributed by atoms with Crippen LogP contribution in [0.15, 0.2) is 18.2 Å². The SMILES string of the molecule is CC1CCCCC1Oc1cc(N)ccc1C(=O)O. The first-order valence-electron chi connectivity index (χ1n) is 6.37. The number of ether oxygens (including phenoxy) is 1. The zero-order valence-corrected chi connectivity index (χ0v) is 10.6. The minimum absolute atomic E-state index is 0.0960. The van der Waals surface area contributed by atoms with Crippen molar-refractivity contribution in [2.24, 2.45) is 5.92 Å². The van der Waals surface area contributed by atoms with Gasteiger partial charge in [-0.05, 0) is 37.3 Å². The molecule has 0 bridgehead atoms. The fourth-order valence-corrected chi connectivity index (χ4v) is 2.43. The average Bonchev–Trinajstić information content (AvgIpc) is 2.32. The number of aromatic carboxylic acids is 1. The van der Waals surface area contributed by atoms with Crippen molar-refractivity contribution in [3.8, 4) is 5.75 Å². The summed E-state index contributed by atoms with van der Waals surface area (Å²) in [5.74, 6) is -0.128. The van der Waals surface area contributed by atoms with Crippen LogP contribution in [0.2, 0.25) is 0 Å². The first kappa shape index (κ1) is 12.7. The highest BCUT2D eigenvalue weighted by Crippen LogP contribution is 2.30. The number of anilines is 1. The van der Waals surface area contributed by atoms with Crippen molar-refractivity contribution in [1.82, 2.24) is 0 Å². The second-order valence-corrected chi connectivity index (χ2v) is 4.98. The summed E-state index contributed by atoms with van der Waals surface area (Å²) in [5, 5.41) is 9.13. The van der Waals surface area contributed by atoms with Gasteiger partial charge in [-0.2, -0.15) is 0 Å². The Kier molecular flexibility index (Phi) is 3.75. The van der Waals surface area contributed by atoms with Gasteiger partial charge in [-0.15, -0.1) is 0 Å². The fraction of sp³-hybridized carbons (Fsp3) is 0.500. The second kappa shape index (κ2) is 5.29. The molecule has 0 amide bonds. The molecule has 3 N–H and O–H groups in total. The normalized spacial score (nSPS) is 23.6. The second-order valence-electron chi connectivity index (χ2n) is 4.98. The number of nitrogens with two attached hydrogens (primary N) is 1. The predicted molar refractivity (Wildman–Crippen MR) is 69.9 cm³/mol. The van der Waals surface area contributed by atoms with Gasteiger partial charge in [0.1, 0.15) is 17.4 Å². The van der Waals surface area contributed by atoms with E-state index in [0.717, 1.165) is 19.3 Å². The topological polar surface area (TPSA) is 72.5 Å². The minimum Gasteiger partial charge on any atom is -0.489 e. The molecule has 1 aliphatic rings. The molecule has 18 heavy (non-hydrogen) atoms. The van der Waals surface area contributed by atoms with Gasteiger partial charge in [0.05, 0.1) is 0 Å². The van der Waals surface area contributed by atoms with Crippen LogP contribution in [0, 0.1) is 5.92 Å². The number of hydrogen-bond acceptors (Lipinski definition) is 3. The van der Waals surface area contributed by atoms with Crippen molar-refractivity contribution >= 4 is 11.7 Å². The monoisotopic (exact) mass is 249 g/mol. The van der Waals surface area contributed by atoms with Gasteiger partial charge in [0.2, 0.25) is 0 Å². The van der Waals surface area contributed by atoms with Crippen LogP contribution in [-0.2, 0) is 0 Å².